The van der Waals surface area contributed by atoms with Crippen LogP contribution in [0.4, 0.5) is 5.69 Å². The van der Waals surface area contributed by atoms with Gasteiger partial charge in [-0.2, -0.15) is 8.75 Å². The lowest BCUT2D eigenvalue weighted by atomic mass is 10.2. The van der Waals surface area contributed by atoms with Crippen molar-refractivity contribution >= 4 is 56.0 Å². The molecule has 1 heterocycles. The zero-order chi connectivity index (χ0) is 18.2. The van der Waals surface area contributed by atoms with Crippen LogP contribution >= 0.6 is 23.3 Å². The molecule has 0 spiro atoms. The van der Waals surface area contributed by atoms with E-state index in [1.807, 2.05) is 0 Å². The maximum atomic E-state index is 12.7. The number of rotatable bonds is 5. The zero-order valence-corrected chi connectivity index (χ0v) is 14.9. The highest BCUT2D eigenvalue weighted by Crippen LogP contribution is 2.33. The van der Waals surface area contributed by atoms with E-state index in [4.69, 9.17) is 16.3 Å². The van der Waals surface area contributed by atoms with Crippen molar-refractivity contribution in [2.24, 2.45) is 0 Å². The Kier molecular flexibility index (Phi) is 4.50. The average molecular weight is 400 g/mol. The molecule has 0 amide bonds. The van der Waals surface area contributed by atoms with Crippen LogP contribution in [0.2, 0.25) is 5.02 Å². The second kappa shape index (κ2) is 6.47. The molecule has 0 fully saturated rings. The quantitative estimate of drug-likeness (QED) is 0.677. The fraction of sp³-hybridized carbons (Fsp3) is 0.0714. The number of anilines is 1. The summed E-state index contributed by atoms with van der Waals surface area (Å²) in [6.45, 7) is 0. The number of fused-ring (bicyclic) bond motifs is 1. The second-order valence-corrected chi connectivity index (χ2v) is 7.42. The Balaban J connectivity index is 2.11. The summed E-state index contributed by atoms with van der Waals surface area (Å²) >= 11 is 6.87. The maximum absolute atomic E-state index is 12.7. The van der Waals surface area contributed by atoms with E-state index in [1.165, 1.54) is 25.3 Å². The summed E-state index contributed by atoms with van der Waals surface area (Å²) < 4.78 is 40.6. The van der Waals surface area contributed by atoms with E-state index >= 15 is 0 Å². The van der Waals surface area contributed by atoms with Crippen molar-refractivity contribution in [2.45, 2.75) is 4.90 Å². The number of carbonyl (C=O) groups is 1. The Morgan fingerprint density at radius 1 is 1.32 bits per heavy atom. The fourth-order valence-corrected chi connectivity index (χ4v) is 4.25. The molecule has 3 aromatic rings. The van der Waals surface area contributed by atoms with Crippen molar-refractivity contribution in [3.05, 3.63) is 40.9 Å². The smallest absolute Gasteiger partial charge is 0.337 e. The number of hydrogen-bond donors (Lipinski definition) is 2. The number of benzene rings is 2. The molecule has 130 valence electrons. The van der Waals surface area contributed by atoms with Gasteiger partial charge in [0.2, 0.25) is 0 Å². The van der Waals surface area contributed by atoms with Crippen LogP contribution in [-0.2, 0) is 10.0 Å². The maximum Gasteiger partial charge on any atom is 0.337 e. The van der Waals surface area contributed by atoms with Crippen molar-refractivity contribution in [1.29, 1.82) is 0 Å². The molecule has 2 aromatic carbocycles. The van der Waals surface area contributed by atoms with E-state index < -0.39 is 16.0 Å². The van der Waals surface area contributed by atoms with Gasteiger partial charge in [0.05, 0.1) is 35.1 Å². The second-order valence-electron chi connectivity index (χ2n) is 4.83. The minimum Gasteiger partial charge on any atom is -0.495 e. The van der Waals surface area contributed by atoms with Crippen LogP contribution in [0.1, 0.15) is 10.4 Å². The third-order valence-electron chi connectivity index (χ3n) is 3.31. The van der Waals surface area contributed by atoms with Crippen LogP contribution in [0.15, 0.2) is 35.2 Å². The van der Waals surface area contributed by atoms with Gasteiger partial charge in [-0.1, -0.05) is 17.7 Å². The van der Waals surface area contributed by atoms with Gasteiger partial charge in [0, 0.05) is 0 Å². The largest absolute Gasteiger partial charge is 0.495 e. The summed E-state index contributed by atoms with van der Waals surface area (Å²) in [6, 6.07) is 6.84. The van der Waals surface area contributed by atoms with Crippen molar-refractivity contribution in [1.82, 2.24) is 8.75 Å². The van der Waals surface area contributed by atoms with Gasteiger partial charge in [-0.15, -0.1) is 0 Å². The highest BCUT2D eigenvalue weighted by atomic mass is 35.5. The number of sulfonamides is 1. The topological polar surface area (TPSA) is 118 Å². The molecule has 0 unspecified atom stereocenters. The van der Waals surface area contributed by atoms with Crippen LogP contribution in [0.3, 0.4) is 0 Å². The Hall–Kier alpha value is -2.43. The summed E-state index contributed by atoms with van der Waals surface area (Å²) in [5, 5.41) is 9.40. The van der Waals surface area contributed by atoms with E-state index in [-0.39, 0.29) is 32.4 Å². The third kappa shape index (κ3) is 3.23. The van der Waals surface area contributed by atoms with Gasteiger partial charge >= 0.3 is 5.97 Å². The monoisotopic (exact) mass is 399 g/mol. The molecule has 0 aliphatic rings. The van der Waals surface area contributed by atoms with Crippen molar-refractivity contribution < 1.29 is 23.1 Å². The molecule has 0 bridgehead atoms. The van der Waals surface area contributed by atoms with E-state index in [0.29, 0.717) is 5.52 Å². The molecule has 3 rings (SSSR count). The SMILES string of the molecule is COc1cc(C(=O)O)c(NS(=O)(=O)c2cccc3nsnc23)cc1Cl. The molecule has 0 aliphatic heterocycles. The number of halogens is 1. The van der Waals surface area contributed by atoms with Crippen LogP contribution in [0, 0.1) is 0 Å². The number of ether oxygens (including phenoxy) is 1. The Labute approximate surface area is 151 Å². The van der Waals surface area contributed by atoms with E-state index in [9.17, 15) is 18.3 Å². The lowest BCUT2D eigenvalue weighted by Gasteiger charge is -2.13. The van der Waals surface area contributed by atoms with Crippen LogP contribution in [0.25, 0.3) is 11.0 Å². The van der Waals surface area contributed by atoms with Crippen LogP contribution < -0.4 is 9.46 Å². The van der Waals surface area contributed by atoms with E-state index in [1.54, 1.807) is 6.07 Å². The number of nitrogens with one attached hydrogen (secondary N) is 1. The number of aromatic carboxylic acids is 1. The summed E-state index contributed by atoms with van der Waals surface area (Å²) in [4.78, 5) is 11.3. The van der Waals surface area contributed by atoms with Gasteiger partial charge in [0.15, 0.2) is 0 Å². The molecule has 8 nitrogen and oxygen atoms in total. The predicted octanol–water partition coefficient (Wildman–Crippen LogP) is 2.85. The fourth-order valence-electron chi connectivity index (χ4n) is 2.17. The summed E-state index contributed by atoms with van der Waals surface area (Å²) in [5.41, 5.74) is 0.155. The van der Waals surface area contributed by atoms with Crippen molar-refractivity contribution in [3.8, 4) is 5.75 Å². The van der Waals surface area contributed by atoms with Crippen molar-refractivity contribution in [2.75, 3.05) is 11.8 Å². The molecule has 0 radical (unpaired) electrons. The summed E-state index contributed by atoms with van der Waals surface area (Å²) in [5.74, 6) is -1.21. The summed E-state index contributed by atoms with van der Waals surface area (Å²) in [6.07, 6.45) is 0. The van der Waals surface area contributed by atoms with Gasteiger partial charge < -0.3 is 9.84 Å². The average Bonchev–Trinajstić information content (AvgIpc) is 3.02. The standard InChI is InChI=1S/C14H10ClN3O5S2/c1-23-11-5-7(14(19)20)10(6-8(11)15)18-25(21,22)12-4-2-3-9-13(12)17-24-16-9/h2-6,18H,1H3,(H,19,20). The van der Waals surface area contributed by atoms with Crippen molar-refractivity contribution in [3.63, 3.8) is 0 Å². The molecular weight excluding hydrogens is 390 g/mol. The zero-order valence-electron chi connectivity index (χ0n) is 12.6. The molecule has 11 heteroatoms. The molecular formula is C14H10ClN3O5S2. The van der Waals surface area contributed by atoms with E-state index in [0.717, 1.165) is 17.8 Å². The first-order chi connectivity index (χ1) is 11.8. The minimum atomic E-state index is -4.11. The lowest BCUT2D eigenvalue weighted by molar-refractivity contribution is 0.0697. The first kappa shape index (κ1) is 17.4. The predicted molar refractivity (Wildman–Crippen MR) is 93.2 cm³/mol. The highest BCUT2D eigenvalue weighted by molar-refractivity contribution is 7.93. The molecule has 1 aromatic heterocycles. The molecule has 0 aliphatic carbocycles. The lowest BCUT2D eigenvalue weighted by Crippen LogP contribution is -2.16. The molecule has 2 N–H and O–H groups in total. The molecule has 0 saturated heterocycles. The normalized spacial score (nSPS) is 11.4. The highest BCUT2D eigenvalue weighted by Gasteiger charge is 2.23. The molecule has 25 heavy (non-hydrogen) atoms. The van der Waals surface area contributed by atoms with Gasteiger partial charge in [0.1, 0.15) is 21.7 Å². The van der Waals surface area contributed by atoms with Gasteiger partial charge in [-0.05, 0) is 24.3 Å². The van der Waals surface area contributed by atoms with Gasteiger partial charge in [-0.3, -0.25) is 4.72 Å². The van der Waals surface area contributed by atoms with Crippen LogP contribution in [0.5, 0.6) is 5.75 Å². The van der Waals surface area contributed by atoms with Gasteiger partial charge in [0.25, 0.3) is 10.0 Å². The number of hydrogen-bond acceptors (Lipinski definition) is 7. The Morgan fingerprint density at radius 3 is 2.76 bits per heavy atom. The molecule has 0 saturated carbocycles. The first-order valence-electron chi connectivity index (χ1n) is 6.68. The van der Waals surface area contributed by atoms with E-state index in [2.05, 4.69) is 13.5 Å². The minimum absolute atomic E-state index is 0.0683. The van der Waals surface area contributed by atoms with Gasteiger partial charge in [-0.25, -0.2) is 13.2 Å². The molecule has 0 atom stereocenters. The number of nitrogens with zero attached hydrogens (tertiary/aromatic N) is 2. The number of methoxy groups -OCH3 is 1. The van der Waals surface area contributed by atoms with Crippen LogP contribution in [-0.4, -0.2) is 35.4 Å². The number of carboxylic acids is 1. The Morgan fingerprint density at radius 2 is 2.08 bits per heavy atom. The third-order valence-corrected chi connectivity index (χ3v) is 5.54. The number of carboxylic acid groups (broad SMARTS) is 1. The summed E-state index contributed by atoms with van der Waals surface area (Å²) in [7, 11) is -2.78. The Bertz CT molecular complexity index is 1080. The first-order valence-corrected chi connectivity index (χ1v) is 9.27. The number of aromatic nitrogens is 2.